The normalized spacial score (nSPS) is 34.7. The Hall–Kier alpha value is -1.30. The van der Waals surface area contributed by atoms with Crippen LogP contribution >= 0.6 is 0 Å². The van der Waals surface area contributed by atoms with Crippen molar-refractivity contribution in [3.05, 3.63) is 0 Å². The van der Waals surface area contributed by atoms with Crippen LogP contribution in [-0.4, -0.2) is 47.7 Å². The number of nitrogens with two attached hydrogens (primary N) is 1. The number of carbonyl (C=O) groups excluding carboxylic acids is 1. The highest BCUT2D eigenvalue weighted by molar-refractivity contribution is 6.07. The van der Waals surface area contributed by atoms with Crippen molar-refractivity contribution in [3.63, 3.8) is 0 Å². The van der Waals surface area contributed by atoms with Crippen LogP contribution in [0.4, 0.5) is 0 Å². The number of hydrogen-bond acceptors (Lipinski definition) is 4. The molecule has 6 heteroatoms. The summed E-state index contributed by atoms with van der Waals surface area (Å²) in [5, 5.41) is 12.1. The summed E-state index contributed by atoms with van der Waals surface area (Å²) in [4.78, 5) is 14.6. The number of amides is 1. The first-order chi connectivity index (χ1) is 9.53. The summed E-state index contributed by atoms with van der Waals surface area (Å²) in [6.07, 6.45) is 3.37. The van der Waals surface area contributed by atoms with E-state index in [1.165, 1.54) is 0 Å². The minimum absolute atomic E-state index is 0.00435. The van der Waals surface area contributed by atoms with Crippen molar-refractivity contribution >= 4 is 11.7 Å². The molecule has 1 saturated carbocycles. The number of likely N-dealkylation sites (tertiary alicyclic amines) is 1. The molecular weight excluding hydrogens is 258 g/mol. The van der Waals surface area contributed by atoms with Crippen LogP contribution in [0.1, 0.15) is 39.5 Å². The number of nitrogens with zero attached hydrogens (tertiary/aromatic N) is 2. The van der Waals surface area contributed by atoms with Crippen molar-refractivity contribution in [1.82, 2.24) is 4.90 Å². The third-order valence-corrected chi connectivity index (χ3v) is 4.47. The summed E-state index contributed by atoms with van der Waals surface area (Å²) in [6.45, 7) is 6.05. The van der Waals surface area contributed by atoms with Crippen molar-refractivity contribution < 1.29 is 14.7 Å². The molecule has 20 heavy (non-hydrogen) atoms. The second-order valence-electron chi connectivity index (χ2n) is 6.05. The number of ether oxygens (including phenoxy) is 1. The molecule has 2 aliphatic rings. The Kier molecular flexibility index (Phi) is 4.52. The number of amidine groups is 1. The molecule has 1 heterocycles. The molecule has 2 rings (SSSR count). The Balaban J connectivity index is 2.08. The highest BCUT2D eigenvalue weighted by Gasteiger charge is 2.54. The van der Waals surface area contributed by atoms with Crippen molar-refractivity contribution in [2.24, 2.45) is 22.2 Å². The summed E-state index contributed by atoms with van der Waals surface area (Å²) in [6, 6.07) is 0. The van der Waals surface area contributed by atoms with Crippen molar-refractivity contribution in [2.45, 2.75) is 45.6 Å². The van der Waals surface area contributed by atoms with Crippen LogP contribution in [0, 0.1) is 11.3 Å². The van der Waals surface area contributed by atoms with Gasteiger partial charge in [0.2, 0.25) is 5.91 Å². The van der Waals surface area contributed by atoms with Crippen LogP contribution in [0.25, 0.3) is 0 Å². The summed E-state index contributed by atoms with van der Waals surface area (Å²) in [5.74, 6) is 0.487. The molecule has 1 amide bonds. The predicted octanol–water partition coefficient (Wildman–Crippen LogP) is 1.18. The molecule has 1 aliphatic heterocycles. The Morgan fingerprint density at radius 1 is 1.55 bits per heavy atom. The largest absolute Gasteiger partial charge is 0.409 e. The van der Waals surface area contributed by atoms with Gasteiger partial charge in [-0.15, -0.1) is 0 Å². The predicted molar refractivity (Wildman–Crippen MR) is 75.5 cm³/mol. The van der Waals surface area contributed by atoms with E-state index in [1.807, 2.05) is 11.8 Å². The lowest BCUT2D eigenvalue weighted by Crippen LogP contribution is -2.59. The topological polar surface area (TPSA) is 88.2 Å². The van der Waals surface area contributed by atoms with Gasteiger partial charge in [-0.3, -0.25) is 4.79 Å². The molecule has 0 bridgehead atoms. The summed E-state index contributed by atoms with van der Waals surface area (Å²) >= 11 is 0. The molecule has 114 valence electrons. The van der Waals surface area contributed by atoms with Gasteiger partial charge in [0, 0.05) is 19.7 Å². The first-order valence-corrected chi connectivity index (χ1v) is 7.42. The molecule has 0 spiro atoms. The minimum Gasteiger partial charge on any atom is -0.409 e. The summed E-state index contributed by atoms with van der Waals surface area (Å²) in [5.41, 5.74) is 5.01. The van der Waals surface area contributed by atoms with Crippen LogP contribution in [0.2, 0.25) is 0 Å². The maximum absolute atomic E-state index is 12.8. The summed E-state index contributed by atoms with van der Waals surface area (Å²) in [7, 11) is 0. The van der Waals surface area contributed by atoms with Crippen molar-refractivity contribution in [1.29, 1.82) is 0 Å². The van der Waals surface area contributed by atoms with E-state index in [-0.39, 0.29) is 17.8 Å². The second-order valence-corrected chi connectivity index (χ2v) is 6.05. The van der Waals surface area contributed by atoms with Crippen molar-refractivity contribution in [2.75, 3.05) is 19.7 Å². The first kappa shape index (κ1) is 15.1. The van der Waals surface area contributed by atoms with Crippen LogP contribution in [-0.2, 0) is 9.53 Å². The van der Waals surface area contributed by atoms with Crippen molar-refractivity contribution in [3.8, 4) is 0 Å². The van der Waals surface area contributed by atoms with Crippen LogP contribution in [0.5, 0.6) is 0 Å². The van der Waals surface area contributed by atoms with Gasteiger partial charge in [0.15, 0.2) is 5.84 Å². The van der Waals surface area contributed by atoms with Gasteiger partial charge in [0.05, 0.1) is 6.10 Å². The monoisotopic (exact) mass is 283 g/mol. The average Bonchev–Trinajstić information content (AvgIpc) is 2.42. The molecular formula is C14H25N3O3. The van der Waals surface area contributed by atoms with Gasteiger partial charge < -0.3 is 20.6 Å². The number of rotatable bonds is 4. The van der Waals surface area contributed by atoms with Gasteiger partial charge in [0.1, 0.15) is 5.41 Å². The Bertz CT molecular complexity index is 389. The van der Waals surface area contributed by atoms with Gasteiger partial charge in [-0.25, -0.2) is 0 Å². The third-order valence-electron chi connectivity index (χ3n) is 4.47. The first-order valence-electron chi connectivity index (χ1n) is 7.42. The minimum atomic E-state index is -0.789. The van der Waals surface area contributed by atoms with Gasteiger partial charge in [-0.05, 0) is 38.5 Å². The van der Waals surface area contributed by atoms with E-state index in [4.69, 9.17) is 15.7 Å². The zero-order valence-electron chi connectivity index (χ0n) is 12.3. The smallest absolute Gasteiger partial charge is 0.236 e. The van der Waals surface area contributed by atoms with Gasteiger partial charge in [-0.2, -0.15) is 0 Å². The van der Waals surface area contributed by atoms with Crippen LogP contribution in [0.3, 0.4) is 0 Å². The van der Waals surface area contributed by atoms with E-state index < -0.39 is 5.41 Å². The highest BCUT2D eigenvalue weighted by atomic mass is 16.5. The second kappa shape index (κ2) is 5.99. The standard InChI is InChI=1S/C14H25N3O3/c1-3-20-11-5-4-6-17(9-11)13(18)14(12(15)16-19)7-10(2)8-14/h10-11,19H,3-9H2,1-2H3,(H2,15,16). The van der Waals surface area contributed by atoms with Gasteiger partial charge >= 0.3 is 0 Å². The number of carbonyl (C=O) groups is 1. The number of piperidine rings is 1. The zero-order chi connectivity index (χ0) is 14.8. The van der Waals surface area contributed by atoms with Crippen LogP contribution in [0.15, 0.2) is 5.16 Å². The van der Waals surface area contributed by atoms with E-state index in [1.54, 1.807) is 0 Å². The molecule has 1 unspecified atom stereocenters. The quantitative estimate of drug-likeness (QED) is 0.351. The SMILES string of the molecule is CCOC1CCCN(C(=O)C2(C(N)=NO)CC(C)C2)C1. The molecule has 1 atom stereocenters. The highest BCUT2D eigenvalue weighted by Crippen LogP contribution is 2.47. The van der Waals surface area contributed by atoms with Crippen LogP contribution < -0.4 is 5.73 Å². The average molecular weight is 283 g/mol. The molecule has 1 aliphatic carbocycles. The lowest BCUT2D eigenvalue weighted by Gasteiger charge is -2.47. The Morgan fingerprint density at radius 2 is 2.25 bits per heavy atom. The molecule has 0 aromatic heterocycles. The molecule has 3 N–H and O–H groups in total. The molecule has 0 radical (unpaired) electrons. The number of hydrogen-bond donors (Lipinski definition) is 2. The Morgan fingerprint density at radius 3 is 2.80 bits per heavy atom. The van der Waals surface area contributed by atoms with E-state index in [2.05, 4.69) is 12.1 Å². The third kappa shape index (κ3) is 2.61. The lowest BCUT2D eigenvalue weighted by molar-refractivity contribution is -0.148. The molecule has 0 aromatic rings. The molecule has 6 nitrogen and oxygen atoms in total. The molecule has 0 aromatic carbocycles. The maximum atomic E-state index is 12.8. The summed E-state index contributed by atoms with van der Waals surface area (Å²) < 4.78 is 5.63. The maximum Gasteiger partial charge on any atom is 0.236 e. The van der Waals surface area contributed by atoms with E-state index >= 15 is 0 Å². The lowest BCUT2D eigenvalue weighted by atomic mass is 9.61. The van der Waals surface area contributed by atoms with E-state index in [0.29, 0.717) is 31.9 Å². The molecule has 2 fully saturated rings. The van der Waals surface area contributed by atoms with Gasteiger partial charge in [0.25, 0.3) is 0 Å². The fraction of sp³-hybridized carbons (Fsp3) is 0.857. The van der Waals surface area contributed by atoms with E-state index in [9.17, 15) is 4.79 Å². The number of oxime groups is 1. The molecule has 1 saturated heterocycles. The van der Waals surface area contributed by atoms with Gasteiger partial charge in [-0.1, -0.05) is 12.1 Å². The Labute approximate surface area is 119 Å². The fourth-order valence-corrected chi connectivity index (χ4v) is 3.52. The zero-order valence-corrected chi connectivity index (χ0v) is 12.3. The van der Waals surface area contributed by atoms with E-state index in [0.717, 1.165) is 19.4 Å². The fourth-order valence-electron chi connectivity index (χ4n) is 3.52.